The Kier molecular flexibility index (Phi) is 6.20. The molecule has 5 heteroatoms. The van der Waals surface area contributed by atoms with Crippen molar-refractivity contribution in [2.75, 3.05) is 26.2 Å². The van der Waals surface area contributed by atoms with E-state index in [0.29, 0.717) is 6.61 Å². The summed E-state index contributed by atoms with van der Waals surface area (Å²) in [5.74, 6) is 2.82. The number of phenols is 2. The number of ether oxygens (including phenoxy) is 2. The highest BCUT2D eigenvalue weighted by molar-refractivity contribution is 5.95. The fraction of sp³-hybridized carbons (Fsp3) is 0.310. The van der Waals surface area contributed by atoms with Crippen molar-refractivity contribution >= 4 is 11.1 Å². The summed E-state index contributed by atoms with van der Waals surface area (Å²) in [4.78, 5) is 2.43. The van der Waals surface area contributed by atoms with E-state index in [1.165, 1.54) is 19.5 Å². The summed E-state index contributed by atoms with van der Waals surface area (Å²) in [5.41, 5.74) is 4.71. The summed E-state index contributed by atoms with van der Waals surface area (Å²) in [6.07, 6.45) is 0.909. The van der Waals surface area contributed by atoms with Gasteiger partial charge in [0.05, 0.1) is 0 Å². The molecule has 3 aromatic rings. The molecule has 2 aliphatic heterocycles. The molecule has 1 saturated heterocycles. The predicted molar refractivity (Wildman–Crippen MR) is 134 cm³/mol. The molecule has 1 fully saturated rings. The maximum atomic E-state index is 10.1. The van der Waals surface area contributed by atoms with Crippen molar-refractivity contribution in [3.05, 3.63) is 83.4 Å². The average molecular weight is 458 g/mol. The second kappa shape index (κ2) is 9.43. The molecule has 176 valence electrons. The van der Waals surface area contributed by atoms with Crippen molar-refractivity contribution in [1.29, 1.82) is 0 Å². The maximum Gasteiger partial charge on any atom is 0.150 e. The second-order valence-electron chi connectivity index (χ2n) is 9.22. The molecule has 2 heterocycles. The van der Waals surface area contributed by atoms with Crippen LogP contribution >= 0.6 is 0 Å². The lowest BCUT2D eigenvalue weighted by atomic mass is 9.86. The molecule has 5 rings (SSSR count). The van der Waals surface area contributed by atoms with Crippen LogP contribution in [0.4, 0.5) is 0 Å². The first-order valence-electron chi connectivity index (χ1n) is 12.0. The lowest BCUT2D eigenvalue weighted by molar-refractivity contribution is 0.0806. The molecule has 5 nitrogen and oxygen atoms in total. The molecule has 2 aliphatic rings. The van der Waals surface area contributed by atoms with Crippen molar-refractivity contribution in [2.45, 2.75) is 26.4 Å². The Morgan fingerprint density at radius 3 is 2.47 bits per heavy atom. The topological polar surface area (TPSA) is 62.2 Å². The zero-order valence-corrected chi connectivity index (χ0v) is 19.7. The maximum absolute atomic E-state index is 10.1. The lowest BCUT2D eigenvalue weighted by Crippen LogP contribution is -2.47. The number of phenolic OH excluding ortho intramolecular Hbond substituents is 2. The lowest BCUT2D eigenvalue weighted by Gasteiger charge is -2.38. The van der Waals surface area contributed by atoms with Crippen molar-refractivity contribution in [3.63, 3.8) is 0 Å². The SMILES string of the molecule is CCC1CN(CCOc2ccc([C@@H]3Oc4ccc(O)cc4C(C)=C3c3cccc(O)c3)cc2)C1. The standard InChI is InChI=1S/C29H31NO4/c1-3-20-17-30(18-20)13-14-33-25-10-7-21(8-11-25)29-28(22-5-4-6-23(31)15-22)19(2)26-16-24(32)9-12-27(26)34-29/h4-12,15-16,20,29,31-32H,3,13-14,17-18H2,1-2H3/t29-/m0/s1. The molecule has 3 aromatic carbocycles. The van der Waals surface area contributed by atoms with Crippen LogP contribution in [0.25, 0.3) is 11.1 Å². The monoisotopic (exact) mass is 457 g/mol. The van der Waals surface area contributed by atoms with Gasteiger partial charge in [-0.25, -0.2) is 0 Å². The quantitative estimate of drug-likeness (QED) is 0.464. The highest BCUT2D eigenvalue weighted by Crippen LogP contribution is 2.47. The fourth-order valence-corrected chi connectivity index (χ4v) is 4.87. The predicted octanol–water partition coefficient (Wildman–Crippen LogP) is 5.88. The molecule has 1 atom stereocenters. The van der Waals surface area contributed by atoms with Gasteiger partial charge in [0.25, 0.3) is 0 Å². The minimum atomic E-state index is -0.347. The van der Waals surface area contributed by atoms with Crippen LogP contribution in [-0.2, 0) is 0 Å². The molecule has 0 radical (unpaired) electrons. The van der Waals surface area contributed by atoms with E-state index in [2.05, 4.69) is 11.8 Å². The molecule has 34 heavy (non-hydrogen) atoms. The first-order valence-corrected chi connectivity index (χ1v) is 12.0. The van der Waals surface area contributed by atoms with Gasteiger partial charge < -0.3 is 19.7 Å². The molecule has 0 aromatic heterocycles. The average Bonchev–Trinajstić information content (AvgIpc) is 2.81. The third-order valence-corrected chi connectivity index (χ3v) is 6.90. The number of likely N-dealkylation sites (tertiary alicyclic amines) is 1. The Morgan fingerprint density at radius 1 is 0.971 bits per heavy atom. The van der Waals surface area contributed by atoms with Crippen molar-refractivity contribution in [2.24, 2.45) is 5.92 Å². The van der Waals surface area contributed by atoms with Crippen LogP contribution in [0.5, 0.6) is 23.0 Å². The van der Waals surface area contributed by atoms with E-state index >= 15 is 0 Å². The van der Waals surface area contributed by atoms with Gasteiger partial charge in [-0.15, -0.1) is 0 Å². The van der Waals surface area contributed by atoms with Crippen molar-refractivity contribution in [3.8, 4) is 23.0 Å². The van der Waals surface area contributed by atoms with Gasteiger partial charge in [-0.2, -0.15) is 0 Å². The van der Waals surface area contributed by atoms with Gasteiger partial charge in [0.15, 0.2) is 0 Å². The molecular formula is C29H31NO4. The van der Waals surface area contributed by atoms with Crippen LogP contribution in [-0.4, -0.2) is 41.4 Å². The third kappa shape index (κ3) is 4.48. The third-order valence-electron chi connectivity index (χ3n) is 6.90. The van der Waals surface area contributed by atoms with E-state index < -0.39 is 0 Å². The molecule has 0 amide bonds. The van der Waals surface area contributed by atoms with Crippen LogP contribution in [0.2, 0.25) is 0 Å². The minimum Gasteiger partial charge on any atom is -0.508 e. The number of nitrogens with zero attached hydrogens (tertiary/aromatic N) is 1. The van der Waals surface area contributed by atoms with Crippen LogP contribution < -0.4 is 9.47 Å². The van der Waals surface area contributed by atoms with E-state index in [0.717, 1.165) is 51.8 Å². The van der Waals surface area contributed by atoms with Gasteiger partial charge in [-0.05, 0) is 72.0 Å². The Balaban J connectivity index is 1.38. The van der Waals surface area contributed by atoms with E-state index in [1.807, 2.05) is 43.3 Å². The number of hydrogen-bond acceptors (Lipinski definition) is 5. The molecule has 0 unspecified atom stereocenters. The molecule has 0 spiro atoms. The zero-order valence-electron chi connectivity index (χ0n) is 19.7. The van der Waals surface area contributed by atoms with Crippen LogP contribution in [0.1, 0.15) is 43.1 Å². The summed E-state index contributed by atoms with van der Waals surface area (Å²) in [6, 6.07) is 20.4. The highest BCUT2D eigenvalue weighted by atomic mass is 16.5. The number of allylic oxidation sites excluding steroid dienone is 1. The largest absolute Gasteiger partial charge is 0.508 e. The second-order valence-corrected chi connectivity index (χ2v) is 9.22. The summed E-state index contributed by atoms with van der Waals surface area (Å²) in [5, 5.41) is 20.1. The normalized spacial score (nSPS) is 18.2. The number of aromatic hydroxyl groups is 2. The zero-order chi connectivity index (χ0) is 23.7. The van der Waals surface area contributed by atoms with Crippen LogP contribution in [0.15, 0.2) is 66.7 Å². The van der Waals surface area contributed by atoms with Gasteiger partial charge in [-0.1, -0.05) is 37.6 Å². The van der Waals surface area contributed by atoms with E-state index in [-0.39, 0.29) is 17.6 Å². The molecular weight excluding hydrogens is 426 g/mol. The minimum absolute atomic E-state index is 0.195. The fourth-order valence-electron chi connectivity index (χ4n) is 4.87. The highest BCUT2D eigenvalue weighted by Gasteiger charge is 2.30. The number of hydrogen-bond donors (Lipinski definition) is 2. The van der Waals surface area contributed by atoms with Gasteiger partial charge >= 0.3 is 0 Å². The smallest absolute Gasteiger partial charge is 0.150 e. The van der Waals surface area contributed by atoms with Gasteiger partial charge in [0, 0.05) is 30.8 Å². The van der Waals surface area contributed by atoms with E-state index in [4.69, 9.17) is 9.47 Å². The van der Waals surface area contributed by atoms with Crippen molar-refractivity contribution in [1.82, 2.24) is 4.90 Å². The first kappa shape index (κ1) is 22.4. The Morgan fingerprint density at radius 2 is 1.74 bits per heavy atom. The van der Waals surface area contributed by atoms with Crippen LogP contribution in [0.3, 0.4) is 0 Å². The molecule has 0 bridgehead atoms. The van der Waals surface area contributed by atoms with E-state index in [9.17, 15) is 10.2 Å². The van der Waals surface area contributed by atoms with Crippen molar-refractivity contribution < 1.29 is 19.7 Å². The first-order chi connectivity index (χ1) is 16.5. The molecule has 0 saturated carbocycles. The number of benzene rings is 3. The summed E-state index contributed by atoms with van der Waals surface area (Å²) in [7, 11) is 0. The van der Waals surface area contributed by atoms with Gasteiger partial charge in [-0.3, -0.25) is 4.90 Å². The van der Waals surface area contributed by atoms with Crippen LogP contribution in [0, 0.1) is 5.92 Å². The Labute approximate surface area is 200 Å². The summed E-state index contributed by atoms with van der Waals surface area (Å²) < 4.78 is 12.4. The van der Waals surface area contributed by atoms with Gasteiger partial charge in [0.2, 0.25) is 0 Å². The Hall–Kier alpha value is -3.44. The van der Waals surface area contributed by atoms with E-state index in [1.54, 1.807) is 30.3 Å². The van der Waals surface area contributed by atoms with Gasteiger partial charge in [0.1, 0.15) is 35.7 Å². The number of fused-ring (bicyclic) bond motifs is 1. The molecule has 0 aliphatic carbocycles. The summed E-state index contributed by atoms with van der Waals surface area (Å²) >= 11 is 0. The Bertz CT molecular complexity index is 1200. The molecule has 2 N–H and O–H groups in total. The number of rotatable bonds is 7. The summed E-state index contributed by atoms with van der Waals surface area (Å²) in [6.45, 7) is 8.28.